The minimum atomic E-state index is 0.0354. The molecular weight excluding hydrogens is 364 g/mol. The molecule has 1 aromatic rings. The average Bonchev–Trinajstić information content (AvgIpc) is 3.39. The lowest BCUT2D eigenvalue weighted by Crippen LogP contribution is -2.35. The Kier molecular flexibility index (Phi) is 6.50. The Morgan fingerprint density at radius 2 is 1.52 bits per heavy atom. The zero-order valence-corrected chi connectivity index (χ0v) is 17.3. The van der Waals surface area contributed by atoms with Gasteiger partial charge >= 0.3 is 0 Å². The van der Waals surface area contributed by atoms with E-state index in [2.05, 4.69) is 20.9 Å². The van der Waals surface area contributed by atoms with E-state index in [4.69, 9.17) is 0 Å². The number of carbonyl (C=O) groups excluding carboxylic acids is 2. The molecule has 1 aromatic carbocycles. The van der Waals surface area contributed by atoms with Crippen molar-refractivity contribution in [1.82, 2.24) is 10.2 Å². The Morgan fingerprint density at radius 1 is 0.931 bits per heavy atom. The van der Waals surface area contributed by atoms with Gasteiger partial charge in [-0.15, -0.1) is 0 Å². The molecule has 3 N–H and O–H groups in total. The molecular formula is C23H34N4O2. The molecule has 0 aromatic heterocycles. The van der Waals surface area contributed by atoms with E-state index < -0.39 is 0 Å². The van der Waals surface area contributed by atoms with Crippen LogP contribution < -0.4 is 16.0 Å². The number of benzene rings is 1. The summed E-state index contributed by atoms with van der Waals surface area (Å²) in [6.07, 6.45) is 9.45. The van der Waals surface area contributed by atoms with Crippen LogP contribution in [0.1, 0.15) is 51.4 Å². The number of amides is 2. The van der Waals surface area contributed by atoms with Gasteiger partial charge in [-0.2, -0.15) is 0 Å². The molecule has 3 aliphatic rings. The average molecular weight is 399 g/mol. The molecule has 2 aliphatic heterocycles. The maximum atomic E-state index is 12.6. The monoisotopic (exact) mass is 398 g/mol. The van der Waals surface area contributed by atoms with Gasteiger partial charge < -0.3 is 16.0 Å². The summed E-state index contributed by atoms with van der Waals surface area (Å²) < 4.78 is 0. The molecule has 2 saturated heterocycles. The summed E-state index contributed by atoms with van der Waals surface area (Å²) in [5, 5.41) is 9.41. The fraction of sp³-hybridized carbons (Fsp3) is 0.652. The summed E-state index contributed by atoms with van der Waals surface area (Å²) in [5.41, 5.74) is 1.82. The Hall–Kier alpha value is -1.92. The lowest BCUT2D eigenvalue weighted by Gasteiger charge is -2.23. The van der Waals surface area contributed by atoms with E-state index in [-0.39, 0.29) is 23.1 Å². The number of nitrogens with one attached hydrogen (secondary N) is 3. The molecule has 3 fully saturated rings. The molecule has 1 atom stereocenters. The number of nitrogens with zero attached hydrogens (tertiary/aromatic N) is 1. The Balaban J connectivity index is 1.23. The molecule has 4 rings (SSSR count). The second kappa shape index (κ2) is 9.26. The summed E-state index contributed by atoms with van der Waals surface area (Å²) in [6, 6.07) is 7.49. The molecule has 0 radical (unpaired) electrons. The first-order chi connectivity index (χ1) is 14.1. The number of hydrogen-bond acceptors (Lipinski definition) is 4. The topological polar surface area (TPSA) is 73.5 Å². The number of hydrogen-bond donors (Lipinski definition) is 3. The van der Waals surface area contributed by atoms with Crippen molar-refractivity contribution in [2.24, 2.45) is 11.3 Å². The van der Waals surface area contributed by atoms with Crippen LogP contribution in [-0.4, -0.2) is 49.4 Å². The number of anilines is 2. The lowest BCUT2D eigenvalue weighted by atomic mass is 9.92. The summed E-state index contributed by atoms with van der Waals surface area (Å²) in [4.78, 5) is 27.2. The molecule has 1 unspecified atom stereocenters. The van der Waals surface area contributed by atoms with Crippen LogP contribution in [0.5, 0.6) is 0 Å². The normalized spacial score (nSPS) is 24.3. The van der Waals surface area contributed by atoms with E-state index in [1.165, 1.54) is 32.1 Å². The number of piperidine rings is 1. The molecule has 29 heavy (non-hydrogen) atoms. The standard InChI is InChI=1S/C23H34N4O2/c28-21(17-27-14-4-2-1-3-5-15-27)25-18-6-8-19(9-7-18)26-22(29)20-16-23(20)10-12-24-13-11-23/h6-9,20,24H,1-5,10-17H2,(H,25,28)(H,26,29). The fourth-order valence-electron chi connectivity index (χ4n) is 4.94. The van der Waals surface area contributed by atoms with Crippen LogP contribution in [-0.2, 0) is 9.59 Å². The van der Waals surface area contributed by atoms with Crippen molar-refractivity contribution in [3.8, 4) is 0 Å². The molecule has 6 nitrogen and oxygen atoms in total. The van der Waals surface area contributed by atoms with Crippen molar-refractivity contribution in [2.75, 3.05) is 43.4 Å². The van der Waals surface area contributed by atoms with Crippen LogP contribution in [0.3, 0.4) is 0 Å². The SMILES string of the molecule is O=C(CN1CCCCCCC1)Nc1ccc(NC(=O)C2CC23CCNCC3)cc1. The molecule has 2 amide bonds. The molecule has 1 spiro atoms. The van der Waals surface area contributed by atoms with Crippen LogP contribution >= 0.6 is 0 Å². The van der Waals surface area contributed by atoms with E-state index in [9.17, 15) is 9.59 Å². The van der Waals surface area contributed by atoms with Crippen LogP contribution in [0.15, 0.2) is 24.3 Å². The number of rotatable bonds is 5. The van der Waals surface area contributed by atoms with Gasteiger partial charge in [0, 0.05) is 17.3 Å². The van der Waals surface area contributed by atoms with Crippen molar-refractivity contribution in [3.63, 3.8) is 0 Å². The van der Waals surface area contributed by atoms with Crippen LogP contribution in [0.25, 0.3) is 0 Å². The Morgan fingerprint density at radius 3 is 2.17 bits per heavy atom. The second-order valence-corrected chi connectivity index (χ2v) is 9.03. The van der Waals surface area contributed by atoms with Gasteiger partial charge in [-0.05, 0) is 88.0 Å². The fourth-order valence-corrected chi connectivity index (χ4v) is 4.94. The van der Waals surface area contributed by atoms with Crippen molar-refractivity contribution in [1.29, 1.82) is 0 Å². The predicted molar refractivity (Wildman–Crippen MR) is 116 cm³/mol. The highest BCUT2D eigenvalue weighted by Gasteiger charge is 2.57. The van der Waals surface area contributed by atoms with Gasteiger partial charge in [0.25, 0.3) is 0 Å². The first-order valence-electron chi connectivity index (χ1n) is 11.3. The molecule has 0 bridgehead atoms. The third-order valence-corrected chi connectivity index (χ3v) is 6.86. The molecule has 158 valence electrons. The molecule has 1 saturated carbocycles. The van der Waals surface area contributed by atoms with Gasteiger partial charge in [-0.3, -0.25) is 14.5 Å². The lowest BCUT2D eigenvalue weighted by molar-refractivity contribution is -0.118. The molecule has 2 heterocycles. The van der Waals surface area contributed by atoms with E-state index in [0.29, 0.717) is 6.54 Å². The van der Waals surface area contributed by atoms with E-state index in [1.807, 2.05) is 24.3 Å². The van der Waals surface area contributed by atoms with Crippen molar-refractivity contribution < 1.29 is 9.59 Å². The first kappa shape index (κ1) is 20.4. The molecule has 1 aliphatic carbocycles. The summed E-state index contributed by atoms with van der Waals surface area (Å²) in [5.74, 6) is 0.329. The van der Waals surface area contributed by atoms with Crippen molar-refractivity contribution >= 4 is 23.2 Å². The third-order valence-electron chi connectivity index (χ3n) is 6.86. The maximum Gasteiger partial charge on any atom is 0.238 e. The zero-order valence-electron chi connectivity index (χ0n) is 17.3. The van der Waals surface area contributed by atoms with Crippen LogP contribution in [0, 0.1) is 11.3 Å². The number of likely N-dealkylation sites (tertiary alicyclic amines) is 1. The Bertz CT molecular complexity index is 704. The zero-order chi connectivity index (χ0) is 20.1. The van der Waals surface area contributed by atoms with Gasteiger partial charge in [0.05, 0.1) is 6.54 Å². The highest BCUT2D eigenvalue weighted by Crippen LogP contribution is 2.58. The van der Waals surface area contributed by atoms with E-state index >= 15 is 0 Å². The molecule has 6 heteroatoms. The largest absolute Gasteiger partial charge is 0.326 e. The van der Waals surface area contributed by atoms with Crippen molar-refractivity contribution in [3.05, 3.63) is 24.3 Å². The predicted octanol–water partition coefficient (Wildman–Crippen LogP) is 3.22. The summed E-state index contributed by atoms with van der Waals surface area (Å²) >= 11 is 0. The minimum absolute atomic E-state index is 0.0354. The van der Waals surface area contributed by atoms with Gasteiger partial charge in [0.1, 0.15) is 0 Å². The summed E-state index contributed by atoms with van der Waals surface area (Å²) in [7, 11) is 0. The smallest absolute Gasteiger partial charge is 0.238 e. The minimum Gasteiger partial charge on any atom is -0.326 e. The first-order valence-corrected chi connectivity index (χ1v) is 11.3. The number of carbonyl (C=O) groups is 2. The third kappa shape index (κ3) is 5.37. The second-order valence-electron chi connectivity index (χ2n) is 9.03. The van der Waals surface area contributed by atoms with Crippen LogP contribution in [0.2, 0.25) is 0 Å². The van der Waals surface area contributed by atoms with Gasteiger partial charge in [-0.1, -0.05) is 19.3 Å². The quantitative estimate of drug-likeness (QED) is 0.712. The van der Waals surface area contributed by atoms with E-state index in [1.54, 1.807) is 0 Å². The van der Waals surface area contributed by atoms with Crippen molar-refractivity contribution in [2.45, 2.75) is 51.4 Å². The highest BCUT2D eigenvalue weighted by molar-refractivity contribution is 5.96. The van der Waals surface area contributed by atoms with Gasteiger partial charge in [0.15, 0.2) is 0 Å². The maximum absolute atomic E-state index is 12.6. The van der Waals surface area contributed by atoms with Crippen LogP contribution in [0.4, 0.5) is 11.4 Å². The van der Waals surface area contributed by atoms with Gasteiger partial charge in [-0.25, -0.2) is 0 Å². The Labute approximate surface area is 173 Å². The van der Waals surface area contributed by atoms with E-state index in [0.717, 1.165) is 56.8 Å². The van der Waals surface area contributed by atoms with Gasteiger partial charge in [0.2, 0.25) is 11.8 Å². The highest BCUT2D eigenvalue weighted by atomic mass is 16.2. The summed E-state index contributed by atoms with van der Waals surface area (Å²) in [6.45, 7) is 4.52.